The van der Waals surface area contributed by atoms with Crippen LogP contribution < -0.4 is 16.0 Å². The second-order valence-electron chi connectivity index (χ2n) is 5.96. The van der Waals surface area contributed by atoms with Crippen molar-refractivity contribution in [2.45, 2.75) is 27.3 Å². The van der Waals surface area contributed by atoms with Crippen LogP contribution in [0, 0.1) is 6.92 Å². The average molecular weight is 378 g/mol. The summed E-state index contributed by atoms with van der Waals surface area (Å²) < 4.78 is 7.56. The van der Waals surface area contributed by atoms with Crippen LogP contribution in [0.5, 0.6) is 5.75 Å². The highest BCUT2D eigenvalue weighted by Crippen LogP contribution is 2.21. The third-order valence-electron chi connectivity index (χ3n) is 4.09. The number of aromatic nitrogens is 4. The summed E-state index contributed by atoms with van der Waals surface area (Å²) >= 11 is 0. The zero-order chi connectivity index (χ0) is 20.1. The van der Waals surface area contributed by atoms with Crippen molar-refractivity contribution in [3.05, 3.63) is 74.9 Å². The van der Waals surface area contributed by atoms with Gasteiger partial charge in [-0.3, -0.25) is 9.78 Å². The molecule has 0 unspecified atom stereocenters. The molecule has 0 amide bonds. The molecule has 7 heteroatoms. The minimum absolute atomic E-state index is 0.141. The van der Waals surface area contributed by atoms with Crippen LogP contribution in [0.15, 0.2) is 58.1 Å². The van der Waals surface area contributed by atoms with Crippen molar-refractivity contribution < 1.29 is 4.74 Å². The number of fused-ring (bicyclic) bond motifs is 2. The van der Waals surface area contributed by atoms with Crippen molar-refractivity contribution >= 4 is 11.0 Å². The molecule has 0 atom stereocenters. The van der Waals surface area contributed by atoms with Crippen molar-refractivity contribution in [1.82, 2.24) is 19.5 Å². The van der Waals surface area contributed by atoms with Gasteiger partial charge in [0.1, 0.15) is 12.4 Å². The zero-order valence-electron chi connectivity index (χ0n) is 16.1. The molecule has 0 radical (unpaired) electrons. The Labute approximate surface area is 162 Å². The standard InChI is InChI=1S/C19H16N4O3.C2H6/c1-12-7-8-15-14(11-12)20-16-17(21-19(25)22-18(16)24)23(15)9-10-26-13-5-3-2-4-6-13;1-2/h2-8,11H,9-10H2,1H3,(H,22,24,25);1-2H3. The second kappa shape index (κ2) is 8.47. The lowest BCUT2D eigenvalue weighted by molar-refractivity contribution is 0.300. The van der Waals surface area contributed by atoms with Gasteiger partial charge in [0.05, 0.1) is 17.6 Å². The van der Waals surface area contributed by atoms with Gasteiger partial charge >= 0.3 is 5.69 Å². The molecular formula is C21H22N4O3. The first-order chi connectivity index (χ1) is 13.6. The van der Waals surface area contributed by atoms with Gasteiger partial charge in [-0.2, -0.15) is 4.98 Å². The van der Waals surface area contributed by atoms with E-state index in [0.717, 1.165) is 16.8 Å². The molecule has 0 bridgehead atoms. The third kappa shape index (κ3) is 3.93. The number of hydrogen-bond donors (Lipinski definition) is 1. The van der Waals surface area contributed by atoms with Crippen LogP contribution >= 0.6 is 0 Å². The topological polar surface area (TPSA) is 89.9 Å². The number of hydrogen-bond acceptors (Lipinski definition) is 5. The molecule has 1 N–H and O–H groups in total. The first-order valence-corrected chi connectivity index (χ1v) is 9.21. The third-order valence-corrected chi connectivity index (χ3v) is 4.09. The van der Waals surface area contributed by atoms with Gasteiger partial charge in [-0.05, 0) is 36.8 Å². The Balaban J connectivity index is 0.00000109. The molecule has 144 valence electrons. The molecule has 0 saturated carbocycles. The Kier molecular flexibility index (Phi) is 5.84. The highest BCUT2D eigenvalue weighted by atomic mass is 16.5. The van der Waals surface area contributed by atoms with Crippen LogP contribution in [0.3, 0.4) is 0 Å². The minimum atomic E-state index is -0.687. The normalized spacial score (nSPS) is 10.5. The number of nitrogens with one attached hydrogen (secondary N) is 1. The number of H-pyrrole nitrogens is 1. The predicted octanol–water partition coefficient (Wildman–Crippen LogP) is 3.00. The summed E-state index contributed by atoms with van der Waals surface area (Å²) in [6.45, 7) is 6.74. The van der Waals surface area contributed by atoms with Gasteiger partial charge in [0.2, 0.25) is 0 Å². The van der Waals surface area contributed by atoms with E-state index in [0.29, 0.717) is 18.7 Å². The van der Waals surface area contributed by atoms with Crippen molar-refractivity contribution in [3.8, 4) is 17.3 Å². The maximum Gasteiger partial charge on any atom is 0.349 e. The molecule has 7 nitrogen and oxygen atoms in total. The van der Waals surface area contributed by atoms with Crippen LogP contribution in [-0.2, 0) is 6.54 Å². The highest BCUT2D eigenvalue weighted by molar-refractivity contribution is 5.79. The van der Waals surface area contributed by atoms with Crippen molar-refractivity contribution in [2.24, 2.45) is 0 Å². The Bertz CT molecular complexity index is 1170. The van der Waals surface area contributed by atoms with Crippen LogP contribution in [-0.4, -0.2) is 26.1 Å². The highest BCUT2D eigenvalue weighted by Gasteiger charge is 2.18. The van der Waals surface area contributed by atoms with Gasteiger partial charge in [-0.25, -0.2) is 9.78 Å². The number of para-hydroxylation sites is 1. The summed E-state index contributed by atoms with van der Waals surface area (Å²) in [6.07, 6.45) is 0. The van der Waals surface area contributed by atoms with Gasteiger partial charge in [-0.1, -0.05) is 38.1 Å². The molecule has 0 aliphatic carbocycles. The van der Waals surface area contributed by atoms with Gasteiger partial charge in [0.25, 0.3) is 5.56 Å². The fourth-order valence-corrected chi connectivity index (χ4v) is 2.91. The molecule has 2 aromatic carbocycles. The Morgan fingerprint density at radius 3 is 2.54 bits per heavy atom. The monoisotopic (exact) mass is 378 g/mol. The lowest BCUT2D eigenvalue weighted by Gasteiger charge is -2.17. The van der Waals surface area contributed by atoms with Crippen LogP contribution in [0.1, 0.15) is 19.4 Å². The summed E-state index contributed by atoms with van der Waals surface area (Å²) in [5.41, 5.74) is 1.40. The smallest absolute Gasteiger partial charge is 0.349 e. The maximum atomic E-state index is 12.2. The first-order valence-electron chi connectivity index (χ1n) is 9.21. The SMILES string of the molecule is CC.Cc1ccc2c(c1)nc1c(=O)[nH]c(=O)nc-1n2CCOc1ccccc1. The first kappa shape index (κ1) is 19.3. The van der Waals surface area contributed by atoms with Crippen molar-refractivity contribution in [2.75, 3.05) is 6.61 Å². The molecule has 4 rings (SSSR count). The molecule has 2 aliphatic rings. The molecule has 2 heterocycles. The summed E-state index contributed by atoms with van der Waals surface area (Å²) in [5, 5.41) is 0. The van der Waals surface area contributed by atoms with E-state index in [1.54, 1.807) is 4.57 Å². The Morgan fingerprint density at radius 2 is 1.79 bits per heavy atom. The predicted molar refractivity (Wildman–Crippen MR) is 109 cm³/mol. The quantitative estimate of drug-likeness (QED) is 0.551. The van der Waals surface area contributed by atoms with Gasteiger partial charge in [0.15, 0.2) is 11.5 Å². The van der Waals surface area contributed by atoms with Crippen molar-refractivity contribution in [1.29, 1.82) is 0 Å². The van der Waals surface area contributed by atoms with Gasteiger partial charge < -0.3 is 9.30 Å². The molecule has 28 heavy (non-hydrogen) atoms. The number of benzene rings is 2. The van der Waals surface area contributed by atoms with Crippen LogP contribution in [0.25, 0.3) is 22.6 Å². The van der Waals surface area contributed by atoms with Crippen LogP contribution in [0.4, 0.5) is 0 Å². The average Bonchev–Trinajstić information content (AvgIpc) is 2.70. The number of aryl methyl sites for hydroxylation is 1. The van der Waals surface area contributed by atoms with E-state index >= 15 is 0 Å². The van der Waals surface area contributed by atoms with Gasteiger partial charge in [-0.15, -0.1) is 0 Å². The van der Waals surface area contributed by atoms with E-state index in [9.17, 15) is 9.59 Å². The van der Waals surface area contributed by atoms with E-state index < -0.39 is 11.2 Å². The number of ether oxygens (including phenoxy) is 1. The fourth-order valence-electron chi connectivity index (χ4n) is 2.91. The molecule has 0 spiro atoms. The molecule has 2 aromatic rings. The van der Waals surface area contributed by atoms with Crippen LogP contribution in [0.2, 0.25) is 0 Å². The Morgan fingerprint density at radius 1 is 1.04 bits per heavy atom. The summed E-state index contributed by atoms with van der Waals surface area (Å²) in [4.78, 5) is 34.4. The molecular weight excluding hydrogens is 356 g/mol. The summed E-state index contributed by atoms with van der Waals surface area (Å²) in [7, 11) is 0. The maximum absolute atomic E-state index is 12.2. The fraction of sp³-hybridized carbons (Fsp3) is 0.238. The lowest BCUT2D eigenvalue weighted by Crippen LogP contribution is -2.29. The zero-order valence-corrected chi connectivity index (χ0v) is 16.1. The van der Waals surface area contributed by atoms with E-state index in [1.165, 1.54) is 0 Å². The Hall–Kier alpha value is -3.48. The molecule has 2 aliphatic heterocycles. The summed E-state index contributed by atoms with van der Waals surface area (Å²) in [6, 6.07) is 15.2. The van der Waals surface area contributed by atoms with E-state index in [1.807, 2.05) is 69.3 Å². The largest absolute Gasteiger partial charge is 0.492 e. The minimum Gasteiger partial charge on any atom is -0.492 e. The number of nitrogens with zero attached hydrogens (tertiary/aromatic N) is 3. The molecule has 0 aromatic heterocycles. The second-order valence-corrected chi connectivity index (χ2v) is 5.96. The van der Waals surface area contributed by atoms with Crippen molar-refractivity contribution in [3.63, 3.8) is 0 Å². The number of rotatable bonds is 4. The lowest BCUT2D eigenvalue weighted by atomic mass is 10.2. The van der Waals surface area contributed by atoms with E-state index in [2.05, 4.69) is 15.0 Å². The van der Waals surface area contributed by atoms with Gasteiger partial charge in [0, 0.05) is 0 Å². The number of aromatic amines is 1. The summed E-state index contributed by atoms with van der Waals surface area (Å²) in [5.74, 6) is 1.01. The molecule has 0 saturated heterocycles. The molecule has 0 fully saturated rings. The van der Waals surface area contributed by atoms with E-state index in [-0.39, 0.29) is 11.5 Å². The van der Waals surface area contributed by atoms with E-state index in [4.69, 9.17) is 4.74 Å².